The predicted octanol–water partition coefficient (Wildman–Crippen LogP) is 6.60. The first-order chi connectivity index (χ1) is 9.59. The molecule has 1 heteroatoms. The Hall–Kier alpha value is -1.24. The molecule has 0 aliphatic carbocycles. The molecule has 1 rings (SSSR count). The second-order valence-electron chi connectivity index (χ2n) is 7.02. The van der Waals surface area contributed by atoms with Crippen LogP contribution in [0.25, 0.3) is 0 Å². The summed E-state index contributed by atoms with van der Waals surface area (Å²) in [6.45, 7) is 20.7. The number of ether oxygens (including phenoxy) is 1. The third-order valence-electron chi connectivity index (χ3n) is 3.65. The van der Waals surface area contributed by atoms with Crippen molar-refractivity contribution in [1.29, 1.82) is 0 Å². The van der Waals surface area contributed by atoms with Crippen molar-refractivity contribution < 1.29 is 4.74 Å². The lowest BCUT2D eigenvalue weighted by molar-refractivity contribution is 0.105. The van der Waals surface area contributed by atoms with E-state index < -0.39 is 0 Å². The summed E-state index contributed by atoms with van der Waals surface area (Å²) in [5, 5.41) is 0. The van der Waals surface area contributed by atoms with Crippen LogP contribution in [0.3, 0.4) is 0 Å². The normalized spacial score (nSPS) is 12.4. The monoisotopic (exact) mass is 290 g/mol. The maximum absolute atomic E-state index is 5.95. The van der Waals surface area contributed by atoms with E-state index in [4.69, 9.17) is 4.74 Å². The van der Waals surface area contributed by atoms with Crippen molar-refractivity contribution in [2.24, 2.45) is 5.92 Å². The van der Waals surface area contributed by atoms with E-state index in [9.17, 15) is 0 Å². The first kappa shape index (κ1) is 19.8. The number of allylic oxidation sites excluding steroid dienone is 1. The van der Waals surface area contributed by atoms with Crippen molar-refractivity contribution >= 4 is 0 Å². The molecular weight excluding hydrogens is 256 g/mol. The summed E-state index contributed by atoms with van der Waals surface area (Å²) in [4.78, 5) is 0. The maximum Gasteiger partial charge on any atom is 0.120 e. The lowest BCUT2D eigenvalue weighted by Crippen LogP contribution is -2.26. The number of hydrogen-bond donors (Lipinski definition) is 0. The summed E-state index contributed by atoms with van der Waals surface area (Å²) in [7, 11) is 0. The zero-order chi connectivity index (χ0) is 16.6. The lowest BCUT2D eigenvalue weighted by Gasteiger charge is -2.25. The van der Waals surface area contributed by atoms with Gasteiger partial charge in [0.25, 0.3) is 0 Å². The third kappa shape index (κ3) is 8.60. The molecule has 0 fully saturated rings. The van der Waals surface area contributed by atoms with Gasteiger partial charge in [0.05, 0.1) is 0 Å². The van der Waals surface area contributed by atoms with E-state index >= 15 is 0 Å². The van der Waals surface area contributed by atoms with Crippen LogP contribution < -0.4 is 4.74 Å². The SMILES string of the molecule is C=C(C)C.CCC(C)(C)Oc1ccc(C(C)C(C)C)cc1. The van der Waals surface area contributed by atoms with Gasteiger partial charge < -0.3 is 4.74 Å². The Bertz CT molecular complexity index is 408. The van der Waals surface area contributed by atoms with E-state index in [0.29, 0.717) is 11.8 Å². The Labute approximate surface area is 132 Å². The van der Waals surface area contributed by atoms with Gasteiger partial charge in [0.2, 0.25) is 0 Å². The molecule has 0 saturated carbocycles. The number of rotatable bonds is 5. The molecular formula is C20H34O. The van der Waals surface area contributed by atoms with E-state index in [1.165, 1.54) is 11.1 Å². The molecule has 21 heavy (non-hydrogen) atoms. The summed E-state index contributed by atoms with van der Waals surface area (Å²) in [5.41, 5.74) is 2.48. The second-order valence-corrected chi connectivity index (χ2v) is 7.02. The smallest absolute Gasteiger partial charge is 0.120 e. The fourth-order valence-electron chi connectivity index (χ4n) is 1.62. The Balaban J connectivity index is 0.000000885. The number of benzene rings is 1. The second kappa shape index (κ2) is 8.92. The lowest BCUT2D eigenvalue weighted by atomic mass is 9.90. The molecule has 0 aromatic heterocycles. The molecule has 0 saturated heterocycles. The summed E-state index contributed by atoms with van der Waals surface area (Å²) in [6, 6.07) is 8.55. The van der Waals surface area contributed by atoms with E-state index in [2.05, 4.69) is 72.4 Å². The molecule has 0 bridgehead atoms. The summed E-state index contributed by atoms with van der Waals surface area (Å²) in [5.74, 6) is 2.24. The first-order valence-corrected chi connectivity index (χ1v) is 8.00. The van der Waals surface area contributed by atoms with E-state index in [1.54, 1.807) is 0 Å². The Morgan fingerprint density at radius 3 is 1.86 bits per heavy atom. The van der Waals surface area contributed by atoms with Crippen LogP contribution in [0.15, 0.2) is 36.4 Å². The highest BCUT2D eigenvalue weighted by atomic mass is 16.5. The van der Waals surface area contributed by atoms with Crippen LogP contribution in [0.5, 0.6) is 5.75 Å². The molecule has 0 amide bonds. The van der Waals surface area contributed by atoms with Gasteiger partial charge in [-0.3, -0.25) is 0 Å². The fraction of sp³-hybridized carbons (Fsp3) is 0.600. The molecule has 0 aliphatic rings. The molecule has 1 atom stereocenters. The quantitative estimate of drug-likeness (QED) is 0.555. The van der Waals surface area contributed by atoms with Crippen LogP contribution in [-0.4, -0.2) is 5.60 Å². The van der Waals surface area contributed by atoms with Crippen LogP contribution in [0.1, 0.15) is 73.3 Å². The van der Waals surface area contributed by atoms with Gasteiger partial charge in [-0.25, -0.2) is 0 Å². The van der Waals surface area contributed by atoms with Gasteiger partial charge in [-0.15, -0.1) is 6.58 Å². The molecule has 0 heterocycles. The van der Waals surface area contributed by atoms with E-state index in [0.717, 1.165) is 12.2 Å². The molecule has 1 nitrogen and oxygen atoms in total. The van der Waals surface area contributed by atoms with Gasteiger partial charge in [-0.05, 0) is 63.6 Å². The Morgan fingerprint density at radius 1 is 1.10 bits per heavy atom. The maximum atomic E-state index is 5.95. The minimum atomic E-state index is -0.0782. The molecule has 1 unspecified atom stereocenters. The topological polar surface area (TPSA) is 9.23 Å². The van der Waals surface area contributed by atoms with Gasteiger partial charge in [-0.2, -0.15) is 0 Å². The van der Waals surface area contributed by atoms with Gasteiger partial charge in [-0.1, -0.05) is 45.4 Å². The van der Waals surface area contributed by atoms with Crippen LogP contribution in [0.4, 0.5) is 0 Å². The number of hydrogen-bond acceptors (Lipinski definition) is 1. The standard InChI is InChI=1S/C16H26O.C4H8/c1-7-16(5,6)17-15-10-8-14(9-11-15)13(4)12(2)3;1-4(2)3/h8-13H,7H2,1-6H3;1H2,2-3H3. The molecule has 0 N–H and O–H groups in total. The summed E-state index contributed by atoms with van der Waals surface area (Å²) in [6.07, 6.45) is 1.01. The molecule has 0 radical (unpaired) electrons. The van der Waals surface area contributed by atoms with Crippen molar-refractivity contribution in [2.45, 2.75) is 73.3 Å². The van der Waals surface area contributed by atoms with E-state index in [1.807, 2.05) is 13.8 Å². The summed E-state index contributed by atoms with van der Waals surface area (Å²) >= 11 is 0. The zero-order valence-electron chi connectivity index (χ0n) is 15.3. The van der Waals surface area contributed by atoms with Crippen molar-refractivity contribution in [1.82, 2.24) is 0 Å². The highest BCUT2D eigenvalue weighted by Crippen LogP contribution is 2.27. The molecule has 1 aromatic rings. The first-order valence-electron chi connectivity index (χ1n) is 8.00. The van der Waals surface area contributed by atoms with Gasteiger partial charge in [0.1, 0.15) is 11.4 Å². The summed E-state index contributed by atoms with van der Waals surface area (Å²) < 4.78 is 5.95. The van der Waals surface area contributed by atoms with Gasteiger partial charge in [0, 0.05) is 0 Å². The molecule has 0 aliphatic heterocycles. The third-order valence-corrected chi connectivity index (χ3v) is 3.65. The van der Waals surface area contributed by atoms with Crippen LogP contribution in [0, 0.1) is 5.92 Å². The van der Waals surface area contributed by atoms with Crippen molar-refractivity contribution in [2.75, 3.05) is 0 Å². The van der Waals surface area contributed by atoms with Crippen molar-refractivity contribution in [3.05, 3.63) is 42.0 Å². The van der Waals surface area contributed by atoms with Crippen LogP contribution >= 0.6 is 0 Å². The minimum absolute atomic E-state index is 0.0782. The average Bonchev–Trinajstić information content (AvgIpc) is 2.37. The Kier molecular flexibility index (Phi) is 8.39. The van der Waals surface area contributed by atoms with Crippen molar-refractivity contribution in [3.63, 3.8) is 0 Å². The fourth-order valence-corrected chi connectivity index (χ4v) is 1.62. The average molecular weight is 290 g/mol. The van der Waals surface area contributed by atoms with Crippen LogP contribution in [0.2, 0.25) is 0 Å². The van der Waals surface area contributed by atoms with Crippen molar-refractivity contribution in [3.8, 4) is 5.75 Å². The molecule has 1 aromatic carbocycles. The predicted molar refractivity (Wildman–Crippen MR) is 95.2 cm³/mol. The minimum Gasteiger partial charge on any atom is -0.488 e. The molecule has 0 spiro atoms. The highest BCUT2D eigenvalue weighted by Gasteiger charge is 2.17. The Morgan fingerprint density at radius 2 is 1.52 bits per heavy atom. The van der Waals surface area contributed by atoms with Gasteiger partial charge in [0.15, 0.2) is 0 Å². The van der Waals surface area contributed by atoms with Gasteiger partial charge >= 0.3 is 0 Å². The van der Waals surface area contributed by atoms with E-state index in [-0.39, 0.29) is 5.60 Å². The zero-order valence-corrected chi connectivity index (χ0v) is 15.3. The molecule has 120 valence electrons. The highest BCUT2D eigenvalue weighted by molar-refractivity contribution is 5.29. The van der Waals surface area contributed by atoms with Crippen LogP contribution in [-0.2, 0) is 0 Å². The largest absolute Gasteiger partial charge is 0.488 e.